The number of benzene rings is 1. The van der Waals surface area contributed by atoms with E-state index in [0.717, 1.165) is 30.2 Å². The van der Waals surface area contributed by atoms with Crippen molar-refractivity contribution in [2.75, 3.05) is 5.73 Å². The Kier molecular flexibility index (Phi) is 3.95. The highest BCUT2D eigenvalue weighted by molar-refractivity contribution is 9.10. The van der Waals surface area contributed by atoms with Gasteiger partial charge in [0, 0.05) is 15.7 Å². The predicted molar refractivity (Wildman–Crippen MR) is 80.5 cm³/mol. The summed E-state index contributed by atoms with van der Waals surface area (Å²) in [6.07, 6.45) is 3.72. The van der Waals surface area contributed by atoms with Crippen LogP contribution in [0.25, 0.3) is 0 Å². The van der Waals surface area contributed by atoms with Crippen LogP contribution in [0.2, 0.25) is 0 Å². The Morgan fingerprint density at radius 2 is 2.05 bits per heavy atom. The third-order valence-electron chi connectivity index (χ3n) is 3.92. The Balaban J connectivity index is 2.37. The van der Waals surface area contributed by atoms with Gasteiger partial charge in [0.25, 0.3) is 0 Å². The normalized spacial score (nSPS) is 18.1. The summed E-state index contributed by atoms with van der Waals surface area (Å²) in [5.41, 5.74) is 6.66. The first-order valence-corrected chi connectivity index (χ1v) is 8.67. The molecule has 0 radical (unpaired) electrons. The zero-order valence-electron chi connectivity index (χ0n) is 11.2. The number of sulfonamides is 1. The Labute approximate surface area is 122 Å². The molecule has 4 nitrogen and oxygen atoms in total. The molecule has 1 aromatic rings. The van der Waals surface area contributed by atoms with Gasteiger partial charge in [0.2, 0.25) is 10.0 Å². The number of nitrogens with two attached hydrogens (primary N) is 1. The molecule has 1 aliphatic rings. The molecule has 1 aliphatic carbocycles. The van der Waals surface area contributed by atoms with Crippen LogP contribution in [0.5, 0.6) is 0 Å². The van der Waals surface area contributed by atoms with E-state index in [1.54, 1.807) is 13.0 Å². The second kappa shape index (κ2) is 5.07. The molecule has 106 valence electrons. The summed E-state index contributed by atoms with van der Waals surface area (Å²) in [5.74, 6) is 0. The molecule has 19 heavy (non-hydrogen) atoms. The van der Waals surface area contributed by atoms with Gasteiger partial charge in [-0.05, 0) is 66.2 Å². The molecule has 1 aromatic carbocycles. The molecule has 2 rings (SSSR count). The van der Waals surface area contributed by atoms with Crippen LogP contribution in [0.15, 0.2) is 21.5 Å². The van der Waals surface area contributed by atoms with Crippen LogP contribution in [0.1, 0.15) is 38.2 Å². The van der Waals surface area contributed by atoms with Crippen molar-refractivity contribution in [1.82, 2.24) is 4.72 Å². The van der Waals surface area contributed by atoms with E-state index in [-0.39, 0.29) is 10.4 Å². The lowest BCUT2D eigenvalue weighted by molar-refractivity contribution is 0.214. The molecule has 0 heterocycles. The van der Waals surface area contributed by atoms with Gasteiger partial charge < -0.3 is 5.73 Å². The first-order chi connectivity index (χ1) is 8.80. The predicted octanol–water partition coefficient (Wildman–Crippen LogP) is 2.95. The van der Waals surface area contributed by atoms with Crippen molar-refractivity contribution in [3.63, 3.8) is 0 Å². The number of aryl methyl sites for hydroxylation is 1. The van der Waals surface area contributed by atoms with Crippen LogP contribution in [0.3, 0.4) is 0 Å². The van der Waals surface area contributed by atoms with Gasteiger partial charge in [-0.15, -0.1) is 0 Å². The minimum atomic E-state index is -3.51. The maximum Gasteiger partial charge on any atom is 0.241 e. The lowest BCUT2D eigenvalue weighted by atomic mass is 9.76. The van der Waals surface area contributed by atoms with Crippen molar-refractivity contribution < 1.29 is 8.42 Å². The van der Waals surface area contributed by atoms with Crippen molar-refractivity contribution in [3.8, 4) is 0 Å². The molecular formula is C13H19BrN2O2S. The second-order valence-corrected chi connectivity index (χ2v) is 7.74. The first kappa shape index (κ1) is 14.8. The van der Waals surface area contributed by atoms with Gasteiger partial charge in [-0.3, -0.25) is 0 Å². The Bertz CT molecular complexity index is 589. The van der Waals surface area contributed by atoms with E-state index in [4.69, 9.17) is 5.73 Å². The smallest absolute Gasteiger partial charge is 0.241 e. The zero-order valence-corrected chi connectivity index (χ0v) is 13.6. The third kappa shape index (κ3) is 2.80. The molecule has 1 fully saturated rings. The molecule has 3 N–H and O–H groups in total. The summed E-state index contributed by atoms with van der Waals surface area (Å²) in [6, 6.07) is 3.26. The summed E-state index contributed by atoms with van der Waals surface area (Å²) in [6.45, 7) is 3.79. The summed E-state index contributed by atoms with van der Waals surface area (Å²) >= 11 is 3.31. The van der Waals surface area contributed by atoms with Gasteiger partial charge in [0.1, 0.15) is 0 Å². The minimum absolute atomic E-state index is 0.257. The van der Waals surface area contributed by atoms with Crippen LogP contribution in [0.4, 0.5) is 5.69 Å². The van der Waals surface area contributed by atoms with Gasteiger partial charge in [-0.25, -0.2) is 13.1 Å². The molecule has 0 bridgehead atoms. The molecule has 0 aromatic heterocycles. The average Bonchev–Trinajstić information content (AvgIpc) is 2.28. The van der Waals surface area contributed by atoms with Gasteiger partial charge in [0.05, 0.1) is 4.90 Å². The van der Waals surface area contributed by atoms with Crippen LogP contribution >= 0.6 is 15.9 Å². The highest BCUT2D eigenvalue weighted by atomic mass is 79.9. The highest BCUT2D eigenvalue weighted by Gasteiger charge is 2.39. The standard InChI is InChI=1S/C13H19BrN2O2S/c1-3-13(5-4-6-13)16-19(17,18)12-8-11(15)10(14)7-9(12)2/h7-8,16H,3-6,15H2,1-2H3. The zero-order chi connectivity index (χ0) is 14.3. The summed E-state index contributed by atoms with van der Waals surface area (Å²) in [5, 5.41) is 0. The van der Waals surface area contributed by atoms with Gasteiger partial charge >= 0.3 is 0 Å². The Morgan fingerprint density at radius 1 is 1.42 bits per heavy atom. The average molecular weight is 347 g/mol. The van der Waals surface area contributed by atoms with Crippen LogP contribution < -0.4 is 10.5 Å². The summed E-state index contributed by atoms with van der Waals surface area (Å²) < 4.78 is 28.6. The molecule has 0 saturated heterocycles. The van der Waals surface area contributed by atoms with Gasteiger partial charge in [-0.1, -0.05) is 6.92 Å². The molecule has 1 saturated carbocycles. The maximum absolute atomic E-state index is 12.5. The van der Waals surface area contributed by atoms with Crippen molar-refractivity contribution in [3.05, 3.63) is 22.2 Å². The molecule has 0 amide bonds. The van der Waals surface area contributed by atoms with E-state index in [2.05, 4.69) is 20.7 Å². The van der Waals surface area contributed by atoms with Crippen LogP contribution in [0, 0.1) is 6.92 Å². The number of halogens is 1. The maximum atomic E-state index is 12.5. The Morgan fingerprint density at radius 3 is 2.53 bits per heavy atom. The number of hydrogen-bond acceptors (Lipinski definition) is 3. The number of anilines is 1. The Hall–Kier alpha value is -0.590. The summed E-state index contributed by atoms with van der Waals surface area (Å²) in [4.78, 5) is 0.271. The van der Waals surface area contributed by atoms with E-state index in [0.29, 0.717) is 11.3 Å². The minimum Gasteiger partial charge on any atom is -0.398 e. The van der Waals surface area contributed by atoms with Crippen molar-refractivity contribution in [1.29, 1.82) is 0 Å². The van der Waals surface area contributed by atoms with Crippen LogP contribution in [-0.2, 0) is 10.0 Å². The first-order valence-electron chi connectivity index (χ1n) is 6.39. The van der Waals surface area contributed by atoms with Crippen LogP contribution in [-0.4, -0.2) is 14.0 Å². The topological polar surface area (TPSA) is 72.2 Å². The van der Waals surface area contributed by atoms with E-state index in [1.165, 1.54) is 6.07 Å². The molecular weight excluding hydrogens is 328 g/mol. The number of rotatable bonds is 4. The van der Waals surface area contributed by atoms with Crippen molar-refractivity contribution in [2.45, 2.75) is 50.0 Å². The van der Waals surface area contributed by atoms with E-state index >= 15 is 0 Å². The monoisotopic (exact) mass is 346 g/mol. The fraction of sp³-hybridized carbons (Fsp3) is 0.538. The number of hydrogen-bond donors (Lipinski definition) is 2. The fourth-order valence-electron chi connectivity index (χ4n) is 2.43. The number of nitrogens with one attached hydrogen (secondary N) is 1. The van der Waals surface area contributed by atoms with Gasteiger partial charge in [0.15, 0.2) is 0 Å². The quantitative estimate of drug-likeness (QED) is 0.823. The molecule has 6 heteroatoms. The third-order valence-corrected chi connectivity index (χ3v) is 6.33. The SMILES string of the molecule is CCC1(NS(=O)(=O)c2cc(N)c(Br)cc2C)CCC1. The van der Waals surface area contributed by atoms with Crippen molar-refractivity contribution >= 4 is 31.6 Å². The highest BCUT2D eigenvalue weighted by Crippen LogP contribution is 2.37. The lowest BCUT2D eigenvalue weighted by Crippen LogP contribution is -2.52. The van der Waals surface area contributed by atoms with E-state index < -0.39 is 10.0 Å². The number of nitrogen functional groups attached to an aromatic ring is 1. The van der Waals surface area contributed by atoms with E-state index in [1.807, 2.05) is 6.92 Å². The molecule has 0 spiro atoms. The fourth-order valence-corrected chi connectivity index (χ4v) is 4.68. The largest absolute Gasteiger partial charge is 0.398 e. The summed E-state index contributed by atoms with van der Waals surface area (Å²) in [7, 11) is -3.51. The molecule has 0 unspecified atom stereocenters. The van der Waals surface area contributed by atoms with Crippen molar-refractivity contribution in [2.24, 2.45) is 0 Å². The van der Waals surface area contributed by atoms with E-state index in [9.17, 15) is 8.42 Å². The molecule has 0 atom stereocenters. The van der Waals surface area contributed by atoms with Gasteiger partial charge in [-0.2, -0.15) is 0 Å². The second-order valence-electron chi connectivity index (χ2n) is 5.23. The lowest BCUT2D eigenvalue weighted by Gasteiger charge is -2.41. The molecule has 0 aliphatic heterocycles.